The summed E-state index contributed by atoms with van der Waals surface area (Å²) in [5.74, 6) is -0.233. The number of carbonyl (C=O) groups is 1. The fraction of sp³-hybridized carbons (Fsp3) is 0.671. The number of amides is 1. The Morgan fingerprint density at radius 2 is 0.741 bits per heavy atom. The maximum atomic E-state index is 13.1. The summed E-state index contributed by atoms with van der Waals surface area (Å²) in [6, 6.07) is -0.859. The van der Waals surface area contributed by atoms with Crippen LogP contribution >= 0.6 is 0 Å². The van der Waals surface area contributed by atoms with Gasteiger partial charge in [0.25, 0.3) is 0 Å². The molecule has 0 radical (unpaired) electrons. The molecule has 85 heavy (non-hydrogen) atoms. The number of carbonyl (C=O) groups excluding carboxylic acids is 1. The third-order valence-corrected chi connectivity index (χ3v) is 15.4. The second-order valence-electron chi connectivity index (χ2n) is 23.2. The van der Waals surface area contributed by atoms with Gasteiger partial charge in [0.1, 0.15) is 24.4 Å². The third-order valence-electron chi connectivity index (χ3n) is 15.4. The van der Waals surface area contributed by atoms with Crippen LogP contribution in [0.2, 0.25) is 0 Å². The summed E-state index contributed by atoms with van der Waals surface area (Å²) in [5.41, 5.74) is 0. The van der Waals surface area contributed by atoms with Gasteiger partial charge >= 0.3 is 0 Å². The molecule has 1 saturated heterocycles. The highest BCUT2D eigenvalue weighted by Crippen LogP contribution is 2.23. The quantitative estimate of drug-likeness (QED) is 0.0261. The first kappa shape index (κ1) is 79.1. The van der Waals surface area contributed by atoms with Crippen molar-refractivity contribution in [3.63, 3.8) is 0 Å². The van der Waals surface area contributed by atoms with Crippen molar-refractivity contribution in [2.45, 2.75) is 314 Å². The Morgan fingerprint density at radius 1 is 0.412 bits per heavy atom. The molecule has 1 aliphatic rings. The van der Waals surface area contributed by atoms with Crippen LogP contribution < -0.4 is 5.32 Å². The summed E-state index contributed by atoms with van der Waals surface area (Å²) in [5, 5.41) is 54.7. The van der Waals surface area contributed by atoms with Gasteiger partial charge in [-0.15, -0.1) is 0 Å². The minimum atomic E-state index is -1.59. The number of unbranched alkanes of at least 4 members (excludes halogenated alkanes) is 26. The molecule has 0 aromatic rings. The number of aliphatic hydroxyl groups is 5. The van der Waals surface area contributed by atoms with E-state index in [4.69, 9.17) is 9.47 Å². The van der Waals surface area contributed by atoms with E-state index < -0.39 is 49.5 Å². The van der Waals surface area contributed by atoms with Crippen molar-refractivity contribution in [1.29, 1.82) is 0 Å². The Bertz CT molecular complexity index is 1850. The summed E-state index contributed by atoms with van der Waals surface area (Å²) in [4.78, 5) is 13.1. The molecule has 9 heteroatoms. The first-order chi connectivity index (χ1) is 41.8. The van der Waals surface area contributed by atoms with Gasteiger partial charge in [-0.1, -0.05) is 301 Å². The number of nitrogens with one attached hydrogen (secondary N) is 1. The van der Waals surface area contributed by atoms with Crippen LogP contribution in [0, 0.1) is 0 Å². The van der Waals surface area contributed by atoms with E-state index in [2.05, 4.69) is 153 Å². The minimum absolute atomic E-state index is 0.228. The second kappa shape index (κ2) is 63.1. The molecule has 0 spiro atoms. The van der Waals surface area contributed by atoms with E-state index >= 15 is 0 Å². The van der Waals surface area contributed by atoms with E-state index in [0.29, 0.717) is 6.42 Å². The summed E-state index contributed by atoms with van der Waals surface area (Å²) >= 11 is 0. The lowest BCUT2D eigenvalue weighted by Gasteiger charge is -2.40. The van der Waals surface area contributed by atoms with Gasteiger partial charge in [-0.2, -0.15) is 0 Å². The molecule has 1 heterocycles. The lowest BCUT2D eigenvalue weighted by Crippen LogP contribution is -2.60. The predicted molar refractivity (Wildman–Crippen MR) is 363 cm³/mol. The van der Waals surface area contributed by atoms with Crippen LogP contribution in [0.25, 0.3) is 0 Å². The summed E-state index contributed by atoms with van der Waals surface area (Å²) < 4.78 is 11.3. The van der Waals surface area contributed by atoms with Crippen LogP contribution in [0.15, 0.2) is 146 Å². The molecule has 1 aliphatic heterocycles. The summed E-state index contributed by atoms with van der Waals surface area (Å²) in [6.45, 7) is 3.64. The number of hydrogen-bond donors (Lipinski definition) is 6. The van der Waals surface area contributed by atoms with Crippen LogP contribution in [-0.2, 0) is 14.3 Å². The molecule has 0 aromatic heterocycles. The highest BCUT2D eigenvalue weighted by molar-refractivity contribution is 5.76. The smallest absolute Gasteiger partial charge is 0.220 e. The average Bonchev–Trinajstić information content (AvgIpc) is 3.68. The Balaban J connectivity index is 2.24. The molecule has 1 fully saturated rings. The van der Waals surface area contributed by atoms with Gasteiger partial charge in [0, 0.05) is 6.42 Å². The minimum Gasteiger partial charge on any atom is -0.394 e. The lowest BCUT2D eigenvalue weighted by molar-refractivity contribution is -0.302. The average molecular weight is 1180 g/mol. The zero-order chi connectivity index (χ0) is 61.4. The molecule has 1 amide bonds. The second-order valence-corrected chi connectivity index (χ2v) is 23.2. The Morgan fingerprint density at radius 3 is 1.13 bits per heavy atom. The highest BCUT2D eigenvalue weighted by atomic mass is 16.7. The molecular formula is C76H127NO8. The molecule has 0 aromatic carbocycles. The van der Waals surface area contributed by atoms with Gasteiger partial charge in [0.2, 0.25) is 5.91 Å². The number of allylic oxidation sites excluding steroid dienone is 23. The molecule has 7 atom stereocenters. The van der Waals surface area contributed by atoms with Gasteiger partial charge in [0.15, 0.2) is 6.29 Å². The number of rotatable bonds is 58. The molecule has 1 rings (SSSR count). The predicted octanol–water partition coefficient (Wildman–Crippen LogP) is 19.0. The molecule has 0 aliphatic carbocycles. The van der Waals surface area contributed by atoms with Gasteiger partial charge in [-0.25, -0.2) is 0 Å². The van der Waals surface area contributed by atoms with Crippen molar-refractivity contribution in [3.05, 3.63) is 146 Å². The summed E-state index contributed by atoms with van der Waals surface area (Å²) in [7, 11) is 0. The van der Waals surface area contributed by atoms with Gasteiger partial charge in [-0.3, -0.25) is 4.79 Å². The van der Waals surface area contributed by atoms with E-state index in [1.807, 2.05) is 6.08 Å². The first-order valence-electron chi connectivity index (χ1n) is 34.6. The molecule has 7 unspecified atom stereocenters. The molecule has 6 N–H and O–H groups in total. The zero-order valence-corrected chi connectivity index (χ0v) is 54.1. The van der Waals surface area contributed by atoms with Gasteiger partial charge in [0.05, 0.1) is 25.4 Å². The standard InChI is InChI=1S/C76H127NO8/c1-3-5-7-9-11-13-15-17-19-21-23-25-27-29-31-33-34-35-36-38-40-42-44-46-48-50-52-54-56-58-60-62-64-66-72(80)77-69(68-84-76-75(83)74(82)73(81)71(67-78)85-76)70(79)65-63-61-59-57-55-53-51-49-47-45-43-41-39-37-32-30-28-26-24-22-20-18-16-14-12-10-8-6-4-2/h5,7,11,13,17,19,23,25,29,31,34-35,38,40,44,46,50,52,55-58,63,65,69-71,73-76,78-79,81-83H,3-4,6,8-10,12,14-16,18,20-22,24,26-28,30,32-33,36-37,39,41-43,45,47-49,51,53-54,59-62,64,66-68H2,1-2H3,(H,77,80)/b7-5-,13-11-,19-17-,25-23-,31-29-,35-34-,40-38-,46-44-,52-50-,57-55+,58-56-,65-63+. The van der Waals surface area contributed by atoms with Crippen LogP contribution in [0.5, 0.6) is 0 Å². The summed E-state index contributed by atoms with van der Waals surface area (Å²) in [6.07, 6.45) is 90.9. The van der Waals surface area contributed by atoms with Gasteiger partial charge in [-0.05, 0) is 109 Å². The molecule has 0 bridgehead atoms. The van der Waals surface area contributed by atoms with Crippen LogP contribution in [-0.4, -0.2) is 87.5 Å². The maximum absolute atomic E-state index is 13.1. The van der Waals surface area contributed by atoms with Crippen molar-refractivity contribution in [2.75, 3.05) is 13.2 Å². The number of hydrogen-bond acceptors (Lipinski definition) is 8. The topological polar surface area (TPSA) is 149 Å². The van der Waals surface area contributed by atoms with Crippen LogP contribution in [0.1, 0.15) is 271 Å². The molecule has 0 saturated carbocycles. The Hall–Kier alpha value is -3.93. The van der Waals surface area contributed by atoms with Crippen LogP contribution in [0.3, 0.4) is 0 Å². The SMILES string of the molecule is CC/C=C\C/C=C\C/C=C\C/C=C\C/C=C\C/C=C\C/C=C\C/C=C\C/C=C\C/C=C\CCCCC(=O)NC(COC1OC(CO)C(O)C(O)C1O)C(O)/C=C/CC/C=C/CCCCCCCCCCCCCCCCCCCCCCCCC. The van der Waals surface area contributed by atoms with E-state index in [1.165, 1.54) is 148 Å². The van der Waals surface area contributed by atoms with E-state index in [1.54, 1.807) is 6.08 Å². The Labute approximate surface area is 521 Å². The van der Waals surface area contributed by atoms with E-state index in [9.17, 15) is 30.3 Å². The van der Waals surface area contributed by atoms with Crippen molar-refractivity contribution in [1.82, 2.24) is 5.32 Å². The molecule has 9 nitrogen and oxygen atoms in total. The van der Waals surface area contributed by atoms with Crippen molar-refractivity contribution >= 4 is 5.91 Å². The van der Waals surface area contributed by atoms with E-state index in [0.717, 1.165) is 96.3 Å². The van der Waals surface area contributed by atoms with Crippen molar-refractivity contribution < 1.29 is 39.8 Å². The van der Waals surface area contributed by atoms with Crippen molar-refractivity contribution in [2.24, 2.45) is 0 Å². The van der Waals surface area contributed by atoms with Crippen molar-refractivity contribution in [3.8, 4) is 0 Å². The number of ether oxygens (including phenoxy) is 2. The first-order valence-corrected chi connectivity index (χ1v) is 34.6. The van der Waals surface area contributed by atoms with Gasteiger partial charge < -0.3 is 40.3 Å². The molecular weight excluding hydrogens is 1050 g/mol. The molecule has 484 valence electrons. The number of aliphatic hydroxyl groups excluding tert-OH is 5. The largest absolute Gasteiger partial charge is 0.394 e. The normalized spacial score (nSPS) is 19.1. The monoisotopic (exact) mass is 1180 g/mol. The third kappa shape index (κ3) is 51.8. The fourth-order valence-electron chi connectivity index (χ4n) is 10.0. The lowest BCUT2D eigenvalue weighted by atomic mass is 9.99. The highest BCUT2D eigenvalue weighted by Gasteiger charge is 2.44. The Kier molecular flexibility index (Phi) is 58.7. The van der Waals surface area contributed by atoms with E-state index in [-0.39, 0.29) is 18.9 Å². The fourth-order valence-corrected chi connectivity index (χ4v) is 10.0. The zero-order valence-electron chi connectivity index (χ0n) is 54.1. The maximum Gasteiger partial charge on any atom is 0.220 e. The van der Waals surface area contributed by atoms with Crippen LogP contribution in [0.4, 0.5) is 0 Å².